The maximum Gasteiger partial charge on any atom is 0.167 e. The molecular weight excluding hydrogens is 240 g/mol. The van der Waals surface area contributed by atoms with Gasteiger partial charge in [0.05, 0.1) is 0 Å². The Balaban J connectivity index is 3.00. The number of aryl methyl sites for hydroxylation is 1. The van der Waals surface area contributed by atoms with Gasteiger partial charge < -0.3 is 0 Å². The molecule has 1 nitrogen and oxygen atoms in total. The van der Waals surface area contributed by atoms with Crippen LogP contribution in [0.1, 0.15) is 29.3 Å². The first-order valence-electron chi connectivity index (χ1n) is 4.44. The van der Waals surface area contributed by atoms with Crippen molar-refractivity contribution in [3.63, 3.8) is 0 Å². The molecule has 0 aliphatic carbocycles. The van der Waals surface area contributed by atoms with E-state index in [9.17, 15) is 4.79 Å². The van der Waals surface area contributed by atoms with Crippen molar-refractivity contribution in [2.75, 3.05) is 0 Å². The van der Waals surface area contributed by atoms with Gasteiger partial charge >= 0.3 is 0 Å². The normalized spacial score (nSPS) is 9.93. The standard InChI is InChI=1S/C12H13BrO/c1-8(2)6-12(14)11-7-10(13)5-4-9(11)3/h4-5,7H,1,6H2,2-3H3. The SMILES string of the molecule is C=C(C)CC(=O)c1cc(Br)ccc1C. The summed E-state index contributed by atoms with van der Waals surface area (Å²) in [6.07, 6.45) is 0.428. The Morgan fingerprint density at radius 2 is 2.14 bits per heavy atom. The molecule has 74 valence electrons. The van der Waals surface area contributed by atoms with Gasteiger partial charge in [-0.05, 0) is 31.5 Å². The number of halogens is 1. The van der Waals surface area contributed by atoms with E-state index in [0.29, 0.717) is 6.42 Å². The van der Waals surface area contributed by atoms with E-state index in [-0.39, 0.29) is 5.78 Å². The molecule has 0 heterocycles. The zero-order valence-corrected chi connectivity index (χ0v) is 10.0. The van der Waals surface area contributed by atoms with E-state index in [1.807, 2.05) is 32.0 Å². The molecule has 0 fully saturated rings. The first-order chi connectivity index (χ1) is 6.50. The van der Waals surface area contributed by atoms with Gasteiger partial charge in [0.15, 0.2) is 5.78 Å². The van der Waals surface area contributed by atoms with Crippen LogP contribution < -0.4 is 0 Å². The molecule has 0 aliphatic heterocycles. The van der Waals surface area contributed by atoms with Gasteiger partial charge in [0.25, 0.3) is 0 Å². The molecule has 0 amide bonds. The molecule has 14 heavy (non-hydrogen) atoms. The lowest BCUT2D eigenvalue weighted by Gasteiger charge is -2.05. The minimum Gasteiger partial charge on any atom is -0.294 e. The molecule has 1 aromatic rings. The molecule has 0 radical (unpaired) electrons. The van der Waals surface area contributed by atoms with Crippen molar-refractivity contribution < 1.29 is 4.79 Å². The number of benzene rings is 1. The van der Waals surface area contributed by atoms with Crippen LogP contribution in [0.15, 0.2) is 34.8 Å². The topological polar surface area (TPSA) is 17.1 Å². The van der Waals surface area contributed by atoms with Crippen LogP contribution in [0.5, 0.6) is 0 Å². The molecule has 0 unspecified atom stereocenters. The van der Waals surface area contributed by atoms with Gasteiger partial charge in [0.2, 0.25) is 0 Å². The summed E-state index contributed by atoms with van der Waals surface area (Å²) in [7, 11) is 0. The van der Waals surface area contributed by atoms with Gasteiger partial charge in [0, 0.05) is 16.5 Å². The van der Waals surface area contributed by atoms with Crippen LogP contribution in [-0.4, -0.2) is 5.78 Å². The summed E-state index contributed by atoms with van der Waals surface area (Å²) in [4.78, 5) is 11.7. The van der Waals surface area contributed by atoms with Crippen molar-refractivity contribution in [3.8, 4) is 0 Å². The zero-order valence-electron chi connectivity index (χ0n) is 8.43. The summed E-state index contributed by atoms with van der Waals surface area (Å²) in [5.74, 6) is 0.135. The minimum atomic E-state index is 0.135. The van der Waals surface area contributed by atoms with Crippen molar-refractivity contribution in [1.29, 1.82) is 0 Å². The summed E-state index contributed by atoms with van der Waals surface area (Å²) in [6, 6.07) is 5.74. The highest BCUT2D eigenvalue weighted by molar-refractivity contribution is 9.10. The predicted octanol–water partition coefficient (Wildman–Crippen LogP) is 3.91. The van der Waals surface area contributed by atoms with E-state index < -0.39 is 0 Å². The Hall–Kier alpha value is -0.890. The molecule has 0 N–H and O–H groups in total. The Morgan fingerprint density at radius 3 is 2.71 bits per heavy atom. The van der Waals surface area contributed by atoms with Gasteiger partial charge in [-0.3, -0.25) is 4.79 Å². The maximum absolute atomic E-state index is 11.7. The lowest BCUT2D eigenvalue weighted by Crippen LogP contribution is -2.01. The molecule has 0 saturated carbocycles. The molecule has 0 aromatic heterocycles. The van der Waals surface area contributed by atoms with Gasteiger partial charge in [-0.15, -0.1) is 0 Å². The fraction of sp³-hybridized carbons (Fsp3) is 0.250. The number of carbonyl (C=O) groups excluding carboxylic acids is 1. The van der Waals surface area contributed by atoms with E-state index >= 15 is 0 Å². The highest BCUT2D eigenvalue weighted by Crippen LogP contribution is 2.18. The fourth-order valence-electron chi connectivity index (χ4n) is 1.26. The lowest BCUT2D eigenvalue weighted by molar-refractivity contribution is 0.0992. The third kappa shape index (κ3) is 2.81. The molecule has 0 atom stereocenters. The molecule has 0 bridgehead atoms. The largest absolute Gasteiger partial charge is 0.294 e. The fourth-order valence-corrected chi connectivity index (χ4v) is 1.63. The van der Waals surface area contributed by atoms with Crippen molar-refractivity contribution in [3.05, 3.63) is 46.0 Å². The molecule has 1 aromatic carbocycles. The van der Waals surface area contributed by atoms with Crippen LogP contribution >= 0.6 is 15.9 Å². The Morgan fingerprint density at radius 1 is 1.50 bits per heavy atom. The average Bonchev–Trinajstić information content (AvgIpc) is 2.08. The number of hydrogen-bond acceptors (Lipinski definition) is 1. The predicted molar refractivity (Wildman–Crippen MR) is 62.6 cm³/mol. The summed E-state index contributed by atoms with van der Waals surface area (Å²) in [5.41, 5.74) is 2.69. The smallest absolute Gasteiger partial charge is 0.167 e. The highest BCUT2D eigenvalue weighted by atomic mass is 79.9. The first kappa shape index (κ1) is 11.2. The number of carbonyl (C=O) groups is 1. The Bertz CT molecular complexity index is 380. The summed E-state index contributed by atoms with van der Waals surface area (Å²) in [6.45, 7) is 7.55. The van der Waals surface area contributed by atoms with Crippen LogP contribution in [0.2, 0.25) is 0 Å². The maximum atomic E-state index is 11.7. The van der Waals surface area contributed by atoms with E-state index in [2.05, 4.69) is 22.5 Å². The molecule has 1 rings (SSSR count). The van der Waals surface area contributed by atoms with E-state index in [1.165, 1.54) is 0 Å². The minimum absolute atomic E-state index is 0.135. The number of hydrogen-bond donors (Lipinski definition) is 0. The van der Waals surface area contributed by atoms with Crippen LogP contribution in [0.3, 0.4) is 0 Å². The van der Waals surface area contributed by atoms with Gasteiger partial charge in [-0.2, -0.15) is 0 Å². The second-order valence-electron chi connectivity index (χ2n) is 3.52. The van der Waals surface area contributed by atoms with E-state index in [1.54, 1.807) is 0 Å². The van der Waals surface area contributed by atoms with Gasteiger partial charge in [0.1, 0.15) is 0 Å². The van der Waals surface area contributed by atoms with Gasteiger partial charge in [-0.25, -0.2) is 0 Å². The Labute approximate surface area is 93.0 Å². The molecular formula is C12H13BrO. The van der Waals surface area contributed by atoms with Crippen molar-refractivity contribution >= 4 is 21.7 Å². The molecule has 0 saturated heterocycles. The lowest BCUT2D eigenvalue weighted by atomic mass is 10.0. The third-order valence-electron chi connectivity index (χ3n) is 1.96. The van der Waals surface area contributed by atoms with E-state index in [4.69, 9.17) is 0 Å². The quantitative estimate of drug-likeness (QED) is 0.589. The number of rotatable bonds is 3. The molecule has 2 heteroatoms. The second kappa shape index (κ2) is 4.56. The van der Waals surface area contributed by atoms with E-state index in [0.717, 1.165) is 21.2 Å². The van der Waals surface area contributed by atoms with Crippen LogP contribution in [0.4, 0.5) is 0 Å². The number of Topliss-reactive ketones (excluding diaryl/α,β-unsaturated/α-hetero) is 1. The number of ketones is 1. The second-order valence-corrected chi connectivity index (χ2v) is 4.43. The van der Waals surface area contributed by atoms with Gasteiger partial charge in [-0.1, -0.05) is 34.1 Å². The van der Waals surface area contributed by atoms with Crippen molar-refractivity contribution in [2.45, 2.75) is 20.3 Å². The Kier molecular flexibility index (Phi) is 3.64. The highest BCUT2D eigenvalue weighted by Gasteiger charge is 2.09. The van der Waals surface area contributed by atoms with Crippen molar-refractivity contribution in [2.24, 2.45) is 0 Å². The van der Waals surface area contributed by atoms with Crippen LogP contribution in [-0.2, 0) is 0 Å². The summed E-state index contributed by atoms with van der Waals surface area (Å²) < 4.78 is 0.938. The third-order valence-corrected chi connectivity index (χ3v) is 2.46. The van der Waals surface area contributed by atoms with Crippen molar-refractivity contribution in [1.82, 2.24) is 0 Å². The number of allylic oxidation sites excluding steroid dienone is 1. The average molecular weight is 253 g/mol. The van der Waals surface area contributed by atoms with Crippen LogP contribution in [0.25, 0.3) is 0 Å². The summed E-state index contributed by atoms with van der Waals surface area (Å²) >= 11 is 3.36. The zero-order chi connectivity index (χ0) is 10.7. The van der Waals surface area contributed by atoms with Crippen LogP contribution in [0, 0.1) is 6.92 Å². The summed E-state index contributed by atoms with van der Waals surface area (Å²) in [5, 5.41) is 0. The first-order valence-corrected chi connectivity index (χ1v) is 5.23. The molecule has 0 aliphatic rings. The monoisotopic (exact) mass is 252 g/mol. The molecule has 0 spiro atoms.